The lowest BCUT2D eigenvalue weighted by Gasteiger charge is -2.11. The van der Waals surface area contributed by atoms with Crippen LogP contribution in [0.15, 0.2) is 24.3 Å². The van der Waals surface area contributed by atoms with Gasteiger partial charge in [0.15, 0.2) is 0 Å². The highest BCUT2D eigenvalue weighted by molar-refractivity contribution is 5.82. The molecule has 2 aromatic rings. The predicted molar refractivity (Wildman–Crippen MR) is 99.6 cm³/mol. The topological polar surface area (TPSA) is 91.2 Å². The van der Waals surface area contributed by atoms with E-state index in [4.69, 9.17) is 0 Å². The van der Waals surface area contributed by atoms with Gasteiger partial charge in [-0.25, -0.2) is 10.9 Å². The maximum atomic E-state index is 12.4. The highest BCUT2D eigenvalue weighted by atomic mass is 16.3. The van der Waals surface area contributed by atoms with E-state index in [1.807, 2.05) is 23.7 Å². The van der Waals surface area contributed by atoms with Gasteiger partial charge in [-0.1, -0.05) is 12.1 Å². The van der Waals surface area contributed by atoms with E-state index in [1.165, 1.54) is 5.56 Å². The Labute approximate surface area is 153 Å². The first-order valence-electron chi connectivity index (χ1n) is 9.10. The Morgan fingerprint density at radius 1 is 1.31 bits per heavy atom. The van der Waals surface area contributed by atoms with Gasteiger partial charge in [-0.15, -0.1) is 0 Å². The molecule has 26 heavy (non-hydrogen) atoms. The number of aromatic nitrogens is 2. The molecule has 1 aliphatic rings. The van der Waals surface area contributed by atoms with E-state index < -0.39 is 0 Å². The zero-order valence-electron chi connectivity index (χ0n) is 15.5. The van der Waals surface area contributed by atoms with Gasteiger partial charge in [-0.3, -0.25) is 9.48 Å². The van der Waals surface area contributed by atoms with Crippen LogP contribution in [0.4, 0.5) is 0 Å². The van der Waals surface area contributed by atoms with E-state index in [2.05, 4.69) is 35.1 Å². The number of nitrogens with one attached hydrogen (secondary N) is 3. The number of hydrogen-bond acceptors (Lipinski definition) is 5. The second-order valence-corrected chi connectivity index (χ2v) is 6.74. The Morgan fingerprint density at radius 2 is 2.04 bits per heavy atom. The Morgan fingerprint density at radius 3 is 2.69 bits per heavy atom. The highest BCUT2D eigenvalue weighted by Gasteiger charge is 2.32. The molecule has 7 heteroatoms. The molecule has 0 bridgehead atoms. The summed E-state index contributed by atoms with van der Waals surface area (Å²) < 4.78 is 2.00. The van der Waals surface area contributed by atoms with Crippen LogP contribution in [0.1, 0.15) is 41.9 Å². The lowest BCUT2D eigenvalue weighted by Crippen LogP contribution is -2.43. The van der Waals surface area contributed by atoms with Crippen LogP contribution in [-0.2, 0) is 17.8 Å². The van der Waals surface area contributed by atoms with Crippen LogP contribution in [0, 0.1) is 13.8 Å². The number of phenolic OH excluding ortho intramolecular Hbond substituents is 1. The van der Waals surface area contributed by atoms with E-state index in [9.17, 15) is 9.90 Å². The molecule has 2 atom stereocenters. The summed E-state index contributed by atoms with van der Waals surface area (Å²) in [6.07, 6.45) is 1.43. The third kappa shape index (κ3) is 3.89. The van der Waals surface area contributed by atoms with Crippen LogP contribution in [0.5, 0.6) is 5.75 Å². The van der Waals surface area contributed by atoms with Crippen LogP contribution < -0.4 is 16.2 Å². The van der Waals surface area contributed by atoms with Crippen molar-refractivity contribution in [1.29, 1.82) is 0 Å². The lowest BCUT2D eigenvalue weighted by atomic mass is 10.00. The molecule has 1 saturated heterocycles. The average molecular weight is 357 g/mol. The van der Waals surface area contributed by atoms with Crippen molar-refractivity contribution < 1.29 is 9.90 Å². The predicted octanol–water partition coefficient (Wildman–Crippen LogP) is 1.49. The van der Waals surface area contributed by atoms with Gasteiger partial charge in [0.05, 0.1) is 11.7 Å². The van der Waals surface area contributed by atoms with E-state index in [0.29, 0.717) is 13.0 Å². The van der Waals surface area contributed by atoms with Gasteiger partial charge in [0.25, 0.3) is 0 Å². The SMILES string of the molecule is CCn1nc(C)c(C2CC(C(=O)NCCc3ccc(O)cc3)NN2)c1C. The maximum absolute atomic E-state index is 12.4. The fourth-order valence-corrected chi connectivity index (χ4v) is 3.56. The highest BCUT2D eigenvalue weighted by Crippen LogP contribution is 2.27. The summed E-state index contributed by atoms with van der Waals surface area (Å²) in [6, 6.07) is 6.87. The van der Waals surface area contributed by atoms with Gasteiger partial charge in [0.1, 0.15) is 11.8 Å². The van der Waals surface area contributed by atoms with Crippen LogP contribution in [0.3, 0.4) is 0 Å². The van der Waals surface area contributed by atoms with Crippen molar-refractivity contribution in [2.45, 2.75) is 52.2 Å². The monoisotopic (exact) mass is 357 g/mol. The third-order valence-corrected chi connectivity index (χ3v) is 4.95. The number of aromatic hydroxyl groups is 1. The number of nitrogens with zero attached hydrogens (tertiary/aromatic N) is 2. The van der Waals surface area contributed by atoms with Crippen molar-refractivity contribution in [1.82, 2.24) is 25.9 Å². The first-order valence-corrected chi connectivity index (χ1v) is 9.10. The van der Waals surface area contributed by atoms with E-state index in [0.717, 1.165) is 29.9 Å². The minimum atomic E-state index is -0.261. The van der Waals surface area contributed by atoms with Gasteiger partial charge in [-0.05, 0) is 51.3 Å². The largest absolute Gasteiger partial charge is 0.508 e. The summed E-state index contributed by atoms with van der Waals surface area (Å²) >= 11 is 0. The van der Waals surface area contributed by atoms with Crippen molar-refractivity contribution >= 4 is 5.91 Å². The van der Waals surface area contributed by atoms with Crippen LogP contribution in [0.2, 0.25) is 0 Å². The molecule has 3 rings (SSSR count). The smallest absolute Gasteiger partial charge is 0.238 e. The summed E-state index contributed by atoms with van der Waals surface area (Å²) in [4.78, 5) is 12.4. The molecule has 0 saturated carbocycles. The Bertz CT molecular complexity index is 769. The summed E-state index contributed by atoms with van der Waals surface area (Å²) in [5.41, 5.74) is 10.8. The second kappa shape index (κ2) is 7.88. The van der Waals surface area contributed by atoms with E-state index in [-0.39, 0.29) is 23.7 Å². The Balaban J connectivity index is 1.52. The number of benzene rings is 1. The summed E-state index contributed by atoms with van der Waals surface area (Å²) in [6.45, 7) is 7.58. The second-order valence-electron chi connectivity index (χ2n) is 6.74. The van der Waals surface area contributed by atoms with E-state index in [1.54, 1.807) is 12.1 Å². The summed E-state index contributed by atoms with van der Waals surface area (Å²) in [5.74, 6) is 0.249. The minimum absolute atomic E-state index is 0.00281. The molecule has 1 fully saturated rings. The molecule has 2 unspecified atom stereocenters. The van der Waals surface area contributed by atoms with Crippen molar-refractivity contribution in [2.24, 2.45) is 0 Å². The number of phenols is 1. The van der Waals surface area contributed by atoms with Crippen LogP contribution in [0.25, 0.3) is 0 Å². The van der Waals surface area contributed by atoms with Gasteiger partial charge in [-0.2, -0.15) is 5.10 Å². The van der Waals surface area contributed by atoms with Gasteiger partial charge in [0.2, 0.25) is 5.91 Å². The van der Waals surface area contributed by atoms with Crippen molar-refractivity contribution in [2.75, 3.05) is 6.54 Å². The number of hydrogen-bond donors (Lipinski definition) is 4. The molecule has 1 aromatic carbocycles. The van der Waals surface area contributed by atoms with Crippen molar-refractivity contribution in [3.63, 3.8) is 0 Å². The lowest BCUT2D eigenvalue weighted by molar-refractivity contribution is -0.122. The molecule has 7 nitrogen and oxygen atoms in total. The molecule has 1 aliphatic heterocycles. The molecule has 140 valence electrons. The standard InChI is InChI=1S/C19H27N5O2/c1-4-24-13(3)18(12(2)23-24)16-11-17(22-21-16)19(26)20-10-9-14-5-7-15(25)8-6-14/h5-8,16-17,21-22,25H,4,9-11H2,1-3H3,(H,20,26). The average Bonchev–Trinajstić information content (AvgIpc) is 3.21. The molecule has 1 aromatic heterocycles. The molecular formula is C19H27N5O2. The summed E-state index contributed by atoms with van der Waals surface area (Å²) in [5, 5.41) is 16.8. The van der Waals surface area contributed by atoms with Crippen LogP contribution in [-0.4, -0.2) is 33.4 Å². The zero-order chi connectivity index (χ0) is 18.7. The van der Waals surface area contributed by atoms with Crippen LogP contribution >= 0.6 is 0 Å². The Kier molecular flexibility index (Phi) is 5.58. The number of carbonyl (C=O) groups is 1. The maximum Gasteiger partial charge on any atom is 0.238 e. The van der Waals surface area contributed by atoms with Crippen molar-refractivity contribution in [3.05, 3.63) is 46.8 Å². The van der Waals surface area contributed by atoms with Gasteiger partial charge in [0, 0.05) is 24.3 Å². The molecule has 0 aliphatic carbocycles. The first kappa shape index (κ1) is 18.4. The number of carbonyl (C=O) groups excluding carboxylic acids is 1. The molecule has 0 spiro atoms. The van der Waals surface area contributed by atoms with E-state index >= 15 is 0 Å². The third-order valence-electron chi connectivity index (χ3n) is 4.95. The normalized spacial score (nSPS) is 19.7. The quantitative estimate of drug-likeness (QED) is 0.629. The molecule has 2 heterocycles. The number of hydrazine groups is 1. The number of rotatable bonds is 6. The Hall–Kier alpha value is -2.38. The first-order chi connectivity index (χ1) is 12.5. The number of aryl methyl sites for hydroxylation is 2. The van der Waals surface area contributed by atoms with Crippen molar-refractivity contribution in [3.8, 4) is 5.75 Å². The van der Waals surface area contributed by atoms with Gasteiger partial charge >= 0.3 is 0 Å². The molecule has 0 radical (unpaired) electrons. The molecule has 1 amide bonds. The molecule has 4 N–H and O–H groups in total. The minimum Gasteiger partial charge on any atom is -0.508 e. The molecular weight excluding hydrogens is 330 g/mol. The zero-order valence-corrected chi connectivity index (χ0v) is 15.5. The fourth-order valence-electron chi connectivity index (χ4n) is 3.56. The number of amides is 1. The fraction of sp³-hybridized carbons (Fsp3) is 0.474. The van der Waals surface area contributed by atoms with Gasteiger partial charge < -0.3 is 10.4 Å². The summed E-state index contributed by atoms with van der Waals surface area (Å²) in [7, 11) is 0.